The molecule has 7 nitrogen and oxygen atoms in total. The van der Waals surface area contributed by atoms with Crippen LogP contribution in [-0.4, -0.2) is 61.2 Å². The summed E-state index contributed by atoms with van der Waals surface area (Å²) < 4.78 is 29.1. The van der Waals surface area contributed by atoms with Gasteiger partial charge >= 0.3 is 5.97 Å². The predicted molar refractivity (Wildman–Crippen MR) is 125 cm³/mol. The molecule has 1 aliphatic rings. The predicted octanol–water partition coefficient (Wildman–Crippen LogP) is 3.20. The summed E-state index contributed by atoms with van der Waals surface area (Å²) in [6.07, 6.45) is 1.02. The molecule has 8 heteroatoms. The van der Waals surface area contributed by atoms with E-state index in [0.717, 1.165) is 5.56 Å². The van der Waals surface area contributed by atoms with Crippen molar-refractivity contribution in [2.45, 2.75) is 45.7 Å². The zero-order valence-electron chi connectivity index (χ0n) is 19.1. The molecule has 0 aliphatic carbocycles. The number of ketones is 1. The average molecular weight is 472 g/mol. The third-order valence-electron chi connectivity index (χ3n) is 5.99. The number of amides is 1. The molecule has 3 rings (SSSR count). The van der Waals surface area contributed by atoms with Gasteiger partial charge < -0.3 is 9.64 Å². The highest BCUT2D eigenvalue weighted by atomic mass is 32.2. The van der Waals surface area contributed by atoms with E-state index in [-0.39, 0.29) is 34.5 Å². The minimum atomic E-state index is -3.17. The van der Waals surface area contributed by atoms with E-state index in [1.807, 2.05) is 32.9 Å². The van der Waals surface area contributed by atoms with Crippen LogP contribution in [0.15, 0.2) is 48.5 Å². The fourth-order valence-electron chi connectivity index (χ4n) is 4.00. The van der Waals surface area contributed by atoms with E-state index in [9.17, 15) is 22.8 Å². The van der Waals surface area contributed by atoms with Crippen molar-refractivity contribution in [1.29, 1.82) is 0 Å². The first-order valence-electron chi connectivity index (χ1n) is 11.0. The molecule has 0 saturated carbocycles. The van der Waals surface area contributed by atoms with E-state index in [2.05, 4.69) is 0 Å². The van der Waals surface area contributed by atoms with Gasteiger partial charge in [-0.1, -0.05) is 55.0 Å². The zero-order chi connectivity index (χ0) is 24.2. The van der Waals surface area contributed by atoms with Gasteiger partial charge in [0.2, 0.25) is 0 Å². The topological polar surface area (TPSA) is 97.8 Å². The van der Waals surface area contributed by atoms with Crippen molar-refractivity contribution in [3.8, 4) is 0 Å². The molecule has 1 fully saturated rings. The molecule has 0 bridgehead atoms. The van der Waals surface area contributed by atoms with Gasteiger partial charge in [0.05, 0.1) is 17.1 Å². The molecule has 1 aliphatic heterocycles. The first-order valence-corrected chi connectivity index (χ1v) is 12.8. The lowest BCUT2D eigenvalue weighted by molar-refractivity contribution is -0.138. The van der Waals surface area contributed by atoms with Gasteiger partial charge in [-0.05, 0) is 32.8 Å². The Morgan fingerprint density at radius 2 is 1.70 bits per heavy atom. The minimum Gasteiger partial charge on any atom is -0.452 e. The van der Waals surface area contributed by atoms with Crippen molar-refractivity contribution in [3.63, 3.8) is 0 Å². The number of rotatable bonds is 8. The summed E-state index contributed by atoms with van der Waals surface area (Å²) in [4.78, 5) is 40.2. The van der Waals surface area contributed by atoms with Crippen molar-refractivity contribution in [3.05, 3.63) is 70.8 Å². The van der Waals surface area contributed by atoms with Crippen molar-refractivity contribution in [1.82, 2.24) is 4.90 Å². The average Bonchev–Trinajstić information content (AvgIpc) is 3.16. The van der Waals surface area contributed by atoms with E-state index in [4.69, 9.17) is 4.74 Å². The second-order valence-corrected chi connectivity index (χ2v) is 10.7. The molecular weight excluding hydrogens is 442 g/mol. The summed E-state index contributed by atoms with van der Waals surface area (Å²) in [5, 5.41) is 0. The zero-order valence-corrected chi connectivity index (χ0v) is 19.9. The molecule has 1 amide bonds. The van der Waals surface area contributed by atoms with Crippen molar-refractivity contribution in [2.75, 3.05) is 18.1 Å². The molecular formula is C25H29NO6S. The number of nitrogens with zero attached hydrogens (tertiary/aromatic N) is 1. The smallest absolute Gasteiger partial charge is 0.339 e. The van der Waals surface area contributed by atoms with Crippen LogP contribution in [0.2, 0.25) is 0 Å². The van der Waals surface area contributed by atoms with Crippen LogP contribution in [0.3, 0.4) is 0 Å². The van der Waals surface area contributed by atoms with Gasteiger partial charge in [-0.2, -0.15) is 0 Å². The van der Waals surface area contributed by atoms with Crippen LogP contribution in [-0.2, 0) is 19.4 Å². The first-order chi connectivity index (χ1) is 15.6. The van der Waals surface area contributed by atoms with Crippen LogP contribution in [0, 0.1) is 6.92 Å². The Labute approximate surface area is 194 Å². The normalized spacial score (nSPS) is 17.8. The molecule has 2 atom stereocenters. The summed E-state index contributed by atoms with van der Waals surface area (Å²) in [6, 6.07) is 12.7. The van der Waals surface area contributed by atoms with Crippen LogP contribution in [0.1, 0.15) is 58.5 Å². The fraction of sp³-hybridized carbons (Fsp3) is 0.400. The van der Waals surface area contributed by atoms with Crippen LogP contribution < -0.4 is 0 Å². The summed E-state index contributed by atoms with van der Waals surface area (Å²) >= 11 is 0. The maximum absolute atomic E-state index is 13.0. The molecule has 0 aromatic heterocycles. The quantitative estimate of drug-likeness (QED) is 0.433. The Morgan fingerprint density at radius 3 is 2.27 bits per heavy atom. The Balaban J connectivity index is 1.74. The number of carbonyl (C=O) groups excluding carboxylic acids is 3. The Bertz CT molecular complexity index is 1140. The summed E-state index contributed by atoms with van der Waals surface area (Å²) in [7, 11) is -3.17. The molecule has 176 valence electrons. The van der Waals surface area contributed by atoms with E-state index >= 15 is 0 Å². The SMILES string of the molecule is CCC(C)N(C(=O)COC(=O)c1ccccc1C(=O)c1ccc(C)cc1)C1CCS(=O)(=O)C1. The molecule has 2 aromatic carbocycles. The van der Waals surface area contributed by atoms with Crippen molar-refractivity contribution >= 4 is 27.5 Å². The first kappa shape index (κ1) is 24.6. The highest BCUT2D eigenvalue weighted by molar-refractivity contribution is 7.91. The number of aryl methyl sites for hydroxylation is 1. The number of hydrogen-bond donors (Lipinski definition) is 0. The van der Waals surface area contributed by atoms with E-state index in [0.29, 0.717) is 18.4 Å². The standard InChI is InChI=1S/C25H29NO6S/c1-4-18(3)26(20-13-14-33(30,31)16-20)23(27)15-32-25(29)22-8-6-5-7-21(22)24(28)19-11-9-17(2)10-12-19/h5-12,18,20H,4,13-16H2,1-3H3. The van der Waals surface area contributed by atoms with Crippen LogP contribution in [0.4, 0.5) is 0 Å². The molecule has 1 heterocycles. The maximum atomic E-state index is 13.0. The molecule has 0 radical (unpaired) electrons. The van der Waals surface area contributed by atoms with Gasteiger partial charge in [-0.15, -0.1) is 0 Å². The van der Waals surface area contributed by atoms with Gasteiger partial charge in [0.25, 0.3) is 5.91 Å². The number of hydrogen-bond acceptors (Lipinski definition) is 6. The molecule has 1 saturated heterocycles. The highest BCUT2D eigenvalue weighted by Gasteiger charge is 2.37. The summed E-state index contributed by atoms with van der Waals surface area (Å²) in [6.45, 7) is 5.15. The third kappa shape index (κ3) is 5.87. The van der Waals surface area contributed by atoms with Gasteiger partial charge in [0.15, 0.2) is 22.2 Å². The number of sulfone groups is 1. The van der Waals surface area contributed by atoms with Crippen LogP contribution >= 0.6 is 0 Å². The molecule has 0 N–H and O–H groups in total. The van der Waals surface area contributed by atoms with Gasteiger partial charge in [-0.3, -0.25) is 9.59 Å². The third-order valence-corrected chi connectivity index (χ3v) is 7.74. The highest BCUT2D eigenvalue weighted by Crippen LogP contribution is 2.22. The van der Waals surface area contributed by atoms with Crippen LogP contribution in [0.25, 0.3) is 0 Å². The van der Waals surface area contributed by atoms with E-state index in [1.165, 1.54) is 11.0 Å². The summed E-state index contributed by atoms with van der Waals surface area (Å²) in [5.41, 5.74) is 1.73. The second kappa shape index (κ2) is 10.3. The second-order valence-electron chi connectivity index (χ2n) is 8.43. The van der Waals surface area contributed by atoms with Crippen LogP contribution in [0.5, 0.6) is 0 Å². The van der Waals surface area contributed by atoms with E-state index in [1.54, 1.807) is 30.3 Å². The fourth-order valence-corrected chi connectivity index (χ4v) is 5.71. The largest absolute Gasteiger partial charge is 0.452 e. The minimum absolute atomic E-state index is 0.0478. The van der Waals surface area contributed by atoms with Gasteiger partial charge in [-0.25, -0.2) is 13.2 Å². The van der Waals surface area contributed by atoms with Crippen molar-refractivity contribution < 1.29 is 27.5 Å². The van der Waals surface area contributed by atoms with Crippen molar-refractivity contribution in [2.24, 2.45) is 0 Å². The Kier molecular flexibility index (Phi) is 7.68. The summed E-state index contributed by atoms with van der Waals surface area (Å²) in [5.74, 6) is -1.56. The molecule has 33 heavy (non-hydrogen) atoms. The molecule has 2 aromatic rings. The molecule has 0 spiro atoms. The van der Waals surface area contributed by atoms with Gasteiger partial charge in [0.1, 0.15) is 0 Å². The monoisotopic (exact) mass is 471 g/mol. The maximum Gasteiger partial charge on any atom is 0.339 e. The lowest BCUT2D eigenvalue weighted by Gasteiger charge is -2.33. The Hall–Kier alpha value is -3.00. The molecule has 2 unspecified atom stereocenters. The lowest BCUT2D eigenvalue weighted by atomic mass is 9.98. The van der Waals surface area contributed by atoms with E-state index < -0.39 is 34.4 Å². The number of esters is 1. The number of benzene rings is 2. The Morgan fingerprint density at radius 1 is 1.06 bits per heavy atom. The van der Waals surface area contributed by atoms with Gasteiger partial charge in [0, 0.05) is 23.2 Å². The number of carbonyl (C=O) groups is 3. The number of ether oxygens (including phenoxy) is 1. The lowest BCUT2D eigenvalue weighted by Crippen LogP contribution is -2.48.